The van der Waals surface area contributed by atoms with Crippen molar-refractivity contribution in [1.29, 1.82) is 0 Å². The van der Waals surface area contributed by atoms with Crippen molar-refractivity contribution in [3.63, 3.8) is 0 Å². The number of benzene rings is 1. The zero-order chi connectivity index (χ0) is 12.3. The summed E-state index contributed by atoms with van der Waals surface area (Å²) in [5.74, 6) is 0.193. The van der Waals surface area contributed by atoms with Crippen LogP contribution in [-0.4, -0.2) is 23.4 Å². The van der Waals surface area contributed by atoms with Crippen LogP contribution in [0.15, 0.2) is 24.3 Å². The summed E-state index contributed by atoms with van der Waals surface area (Å²) in [6.07, 6.45) is 2.24. The van der Waals surface area contributed by atoms with Gasteiger partial charge in [0.2, 0.25) is 5.91 Å². The minimum atomic E-state index is 0.156. The Balaban J connectivity index is 2.04. The summed E-state index contributed by atoms with van der Waals surface area (Å²) in [6, 6.07) is 7.80. The molecule has 1 aromatic rings. The molecular weight excluding hydrogens is 236 g/mol. The molecule has 0 radical (unpaired) electrons. The fourth-order valence-electron chi connectivity index (χ4n) is 2.08. The second-order valence-electron chi connectivity index (χ2n) is 4.53. The van der Waals surface area contributed by atoms with Crippen molar-refractivity contribution < 1.29 is 4.79 Å². The van der Waals surface area contributed by atoms with Crippen molar-refractivity contribution in [1.82, 2.24) is 4.90 Å². The normalized spacial score (nSPS) is 21.4. The number of amides is 1. The molecule has 2 rings (SSSR count). The van der Waals surface area contributed by atoms with Crippen LogP contribution in [-0.2, 0) is 11.3 Å². The highest BCUT2D eigenvalue weighted by Crippen LogP contribution is 2.16. The maximum atomic E-state index is 11.9. The van der Waals surface area contributed by atoms with Crippen LogP contribution in [0.25, 0.3) is 0 Å². The maximum absolute atomic E-state index is 11.9. The summed E-state index contributed by atoms with van der Waals surface area (Å²) in [5, 5.41) is 0.710. The van der Waals surface area contributed by atoms with Crippen LogP contribution in [0.1, 0.15) is 24.8 Å². The van der Waals surface area contributed by atoms with Gasteiger partial charge in [0, 0.05) is 30.6 Å². The van der Waals surface area contributed by atoms with Crippen LogP contribution >= 0.6 is 11.6 Å². The second-order valence-corrected chi connectivity index (χ2v) is 4.97. The van der Waals surface area contributed by atoms with Gasteiger partial charge < -0.3 is 10.6 Å². The van der Waals surface area contributed by atoms with Crippen LogP contribution in [0, 0.1) is 0 Å². The van der Waals surface area contributed by atoms with Crippen LogP contribution in [0.3, 0.4) is 0 Å². The highest BCUT2D eigenvalue weighted by molar-refractivity contribution is 6.30. The minimum absolute atomic E-state index is 0.156. The quantitative estimate of drug-likeness (QED) is 0.877. The molecule has 2 N–H and O–H groups in total. The van der Waals surface area contributed by atoms with Gasteiger partial charge in [0.1, 0.15) is 0 Å². The monoisotopic (exact) mass is 252 g/mol. The molecule has 1 fully saturated rings. The van der Waals surface area contributed by atoms with E-state index in [0.29, 0.717) is 18.0 Å². The summed E-state index contributed by atoms with van der Waals surface area (Å²) in [5.41, 5.74) is 6.95. The van der Waals surface area contributed by atoms with E-state index >= 15 is 0 Å². The predicted molar refractivity (Wildman–Crippen MR) is 68.7 cm³/mol. The summed E-state index contributed by atoms with van der Waals surface area (Å²) < 4.78 is 0. The fraction of sp³-hybridized carbons (Fsp3) is 0.462. The Morgan fingerprint density at radius 2 is 2.24 bits per heavy atom. The molecule has 1 unspecified atom stereocenters. The Labute approximate surface area is 107 Å². The number of hydrogen-bond acceptors (Lipinski definition) is 2. The van der Waals surface area contributed by atoms with Crippen LogP contribution in [0.4, 0.5) is 0 Å². The SMILES string of the molecule is NC1CCC(=O)N(Cc2cccc(Cl)c2)CC1. The van der Waals surface area contributed by atoms with Crippen molar-refractivity contribution in [3.05, 3.63) is 34.9 Å². The molecule has 1 heterocycles. The Morgan fingerprint density at radius 1 is 1.41 bits per heavy atom. The fourth-order valence-corrected chi connectivity index (χ4v) is 2.29. The number of nitrogens with two attached hydrogens (primary N) is 1. The van der Waals surface area contributed by atoms with Crippen molar-refractivity contribution >= 4 is 17.5 Å². The number of nitrogens with zero attached hydrogens (tertiary/aromatic N) is 1. The molecule has 1 amide bonds. The van der Waals surface area contributed by atoms with Gasteiger partial charge >= 0.3 is 0 Å². The lowest BCUT2D eigenvalue weighted by atomic mass is 10.1. The Hall–Kier alpha value is -1.06. The van der Waals surface area contributed by atoms with E-state index in [1.807, 2.05) is 29.2 Å². The first-order chi connectivity index (χ1) is 8.15. The van der Waals surface area contributed by atoms with E-state index in [1.54, 1.807) is 0 Å². The maximum Gasteiger partial charge on any atom is 0.222 e. The van der Waals surface area contributed by atoms with Crippen molar-refractivity contribution in [2.45, 2.75) is 31.8 Å². The first-order valence-corrected chi connectivity index (χ1v) is 6.31. The molecule has 1 atom stereocenters. The van der Waals surface area contributed by atoms with E-state index in [2.05, 4.69) is 0 Å². The molecule has 3 nitrogen and oxygen atoms in total. The first kappa shape index (κ1) is 12.4. The van der Waals surface area contributed by atoms with E-state index in [0.717, 1.165) is 24.9 Å². The molecule has 1 aliphatic heterocycles. The number of rotatable bonds is 2. The summed E-state index contributed by atoms with van der Waals surface area (Å²) in [7, 11) is 0. The first-order valence-electron chi connectivity index (χ1n) is 5.93. The van der Waals surface area contributed by atoms with Crippen LogP contribution < -0.4 is 5.73 Å². The van der Waals surface area contributed by atoms with Gasteiger partial charge in [0.05, 0.1) is 0 Å². The van der Waals surface area contributed by atoms with Gasteiger partial charge in [-0.25, -0.2) is 0 Å². The Bertz CT molecular complexity index is 408. The van der Waals surface area contributed by atoms with Crippen molar-refractivity contribution in [3.8, 4) is 0 Å². The van der Waals surface area contributed by atoms with E-state index in [-0.39, 0.29) is 11.9 Å². The molecule has 0 spiro atoms. The standard InChI is InChI=1S/C13H17ClN2O/c14-11-3-1-2-10(8-11)9-16-7-6-12(15)4-5-13(16)17/h1-3,8,12H,4-7,9,15H2. The van der Waals surface area contributed by atoms with Gasteiger partial charge in [-0.2, -0.15) is 0 Å². The predicted octanol–water partition coefficient (Wildman–Crippen LogP) is 2.18. The number of hydrogen-bond donors (Lipinski definition) is 1. The topological polar surface area (TPSA) is 46.3 Å². The average Bonchev–Trinajstić information content (AvgIpc) is 2.45. The van der Waals surface area contributed by atoms with E-state index in [1.165, 1.54) is 0 Å². The van der Waals surface area contributed by atoms with Gasteiger partial charge in [-0.15, -0.1) is 0 Å². The molecule has 0 bridgehead atoms. The largest absolute Gasteiger partial charge is 0.338 e. The highest BCUT2D eigenvalue weighted by Gasteiger charge is 2.20. The minimum Gasteiger partial charge on any atom is -0.338 e. The summed E-state index contributed by atoms with van der Waals surface area (Å²) >= 11 is 5.93. The lowest BCUT2D eigenvalue weighted by Gasteiger charge is -2.20. The van der Waals surface area contributed by atoms with E-state index in [4.69, 9.17) is 17.3 Å². The zero-order valence-electron chi connectivity index (χ0n) is 9.73. The smallest absolute Gasteiger partial charge is 0.222 e. The Morgan fingerprint density at radius 3 is 3.00 bits per heavy atom. The number of likely N-dealkylation sites (tertiary alicyclic amines) is 1. The molecule has 0 saturated carbocycles. The summed E-state index contributed by atoms with van der Waals surface area (Å²) in [6.45, 7) is 1.37. The van der Waals surface area contributed by atoms with Gasteiger partial charge in [-0.3, -0.25) is 4.79 Å². The average molecular weight is 253 g/mol. The molecule has 0 aliphatic carbocycles. The molecule has 0 aromatic heterocycles. The van der Waals surface area contributed by atoms with Gasteiger partial charge in [-0.05, 0) is 30.5 Å². The third-order valence-electron chi connectivity index (χ3n) is 3.11. The molecule has 1 aliphatic rings. The van der Waals surface area contributed by atoms with Crippen LogP contribution in [0.2, 0.25) is 5.02 Å². The molecule has 4 heteroatoms. The molecule has 1 saturated heterocycles. The number of halogens is 1. The third kappa shape index (κ3) is 3.45. The van der Waals surface area contributed by atoms with Gasteiger partial charge in [-0.1, -0.05) is 23.7 Å². The third-order valence-corrected chi connectivity index (χ3v) is 3.35. The van der Waals surface area contributed by atoms with Gasteiger partial charge in [0.25, 0.3) is 0 Å². The highest BCUT2D eigenvalue weighted by atomic mass is 35.5. The van der Waals surface area contributed by atoms with Crippen molar-refractivity contribution in [2.24, 2.45) is 5.73 Å². The number of carbonyl (C=O) groups excluding carboxylic acids is 1. The van der Waals surface area contributed by atoms with E-state index in [9.17, 15) is 4.79 Å². The number of carbonyl (C=O) groups is 1. The summed E-state index contributed by atoms with van der Waals surface area (Å²) in [4.78, 5) is 13.8. The van der Waals surface area contributed by atoms with E-state index < -0.39 is 0 Å². The second kappa shape index (κ2) is 5.52. The van der Waals surface area contributed by atoms with Crippen LogP contribution in [0.5, 0.6) is 0 Å². The molecule has 1 aromatic carbocycles. The van der Waals surface area contributed by atoms with Crippen molar-refractivity contribution in [2.75, 3.05) is 6.54 Å². The lowest BCUT2D eigenvalue weighted by Crippen LogP contribution is -2.30. The molecule has 17 heavy (non-hydrogen) atoms. The molecule has 92 valence electrons. The molecular formula is C13H17ClN2O. The zero-order valence-corrected chi connectivity index (χ0v) is 10.5. The van der Waals surface area contributed by atoms with Gasteiger partial charge in [0.15, 0.2) is 0 Å². The Kier molecular flexibility index (Phi) is 4.02. The lowest BCUT2D eigenvalue weighted by molar-refractivity contribution is -0.131.